The van der Waals surface area contributed by atoms with Gasteiger partial charge in [0.05, 0.1) is 6.54 Å². The largest absolute Gasteiger partial charge is 0.465 e. The van der Waals surface area contributed by atoms with Crippen LogP contribution in [0.25, 0.3) is 0 Å². The molecule has 0 radical (unpaired) electrons. The Labute approximate surface area is 114 Å². The smallest absolute Gasteiger partial charge is 0.118 e. The van der Waals surface area contributed by atoms with Crippen molar-refractivity contribution >= 4 is 0 Å². The second-order valence-electron chi connectivity index (χ2n) is 5.11. The first-order chi connectivity index (χ1) is 9.33. The number of nitrogens with one attached hydrogen (secondary N) is 1. The number of rotatable bonds is 3. The van der Waals surface area contributed by atoms with Crippen molar-refractivity contribution in [3.8, 4) is 0 Å². The normalized spacial score (nSPS) is 20.6. The van der Waals surface area contributed by atoms with Gasteiger partial charge in [0.1, 0.15) is 11.5 Å². The summed E-state index contributed by atoms with van der Waals surface area (Å²) < 4.78 is 5.71. The molecule has 0 spiro atoms. The molecule has 0 bridgehead atoms. The van der Waals surface area contributed by atoms with Gasteiger partial charge in [-0.2, -0.15) is 0 Å². The molecule has 1 aliphatic heterocycles. The van der Waals surface area contributed by atoms with Gasteiger partial charge in [-0.3, -0.25) is 4.90 Å². The first-order valence-corrected chi connectivity index (χ1v) is 6.88. The minimum Gasteiger partial charge on any atom is -0.465 e. The zero-order valence-corrected chi connectivity index (χ0v) is 11.3. The van der Waals surface area contributed by atoms with Gasteiger partial charge in [0.2, 0.25) is 0 Å². The van der Waals surface area contributed by atoms with Crippen LogP contribution in [0.4, 0.5) is 0 Å². The summed E-state index contributed by atoms with van der Waals surface area (Å²) in [6, 6.07) is 15.3. The summed E-state index contributed by atoms with van der Waals surface area (Å²) in [5.74, 6) is 2.04. The summed E-state index contributed by atoms with van der Waals surface area (Å²) in [7, 11) is 0. The Kier molecular flexibility index (Phi) is 3.67. The second-order valence-corrected chi connectivity index (χ2v) is 5.11. The maximum absolute atomic E-state index is 5.71. The summed E-state index contributed by atoms with van der Waals surface area (Å²) >= 11 is 0. The fourth-order valence-corrected chi connectivity index (χ4v) is 2.71. The van der Waals surface area contributed by atoms with Gasteiger partial charge in [-0.05, 0) is 24.6 Å². The third-order valence-electron chi connectivity index (χ3n) is 3.69. The Balaban J connectivity index is 1.77. The van der Waals surface area contributed by atoms with E-state index in [4.69, 9.17) is 4.42 Å². The minimum absolute atomic E-state index is 0.431. The zero-order chi connectivity index (χ0) is 13.1. The highest BCUT2D eigenvalue weighted by atomic mass is 16.3. The maximum Gasteiger partial charge on any atom is 0.118 e. The second kappa shape index (κ2) is 5.59. The number of aryl methyl sites for hydroxylation is 1. The van der Waals surface area contributed by atoms with Gasteiger partial charge in [0.15, 0.2) is 0 Å². The molecule has 1 saturated heterocycles. The van der Waals surface area contributed by atoms with Crippen molar-refractivity contribution in [2.24, 2.45) is 0 Å². The van der Waals surface area contributed by atoms with Gasteiger partial charge in [-0.15, -0.1) is 0 Å². The van der Waals surface area contributed by atoms with E-state index in [0.29, 0.717) is 6.04 Å². The molecule has 1 aliphatic rings. The van der Waals surface area contributed by atoms with E-state index in [1.54, 1.807) is 0 Å². The van der Waals surface area contributed by atoms with Crippen LogP contribution in [0.2, 0.25) is 0 Å². The Hall–Kier alpha value is -1.58. The van der Waals surface area contributed by atoms with Crippen LogP contribution < -0.4 is 5.32 Å². The summed E-state index contributed by atoms with van der Waals surface area (Å²) in [5.41, 5.74) is 1.37. The molecule has 1 aromatic heterocycles. The van der Waals surface area contributed by atoms with Crippen LogP contribution in [-0.2, 0) is 6.54 Å². The van der Waals surface area contributed by atoms with Gasteiger partial charge < -0.3 is 9.73 Å². The van der Waals surface area contributed by atoms with Crippen molar-refractivity contribution in [3.63, 3.8) is 0 Å². The van der Waals surface area contributed by atoms with Crippen LogP contribution in [0.3, 0.4) is 0 Å². The van der Waals surface area contributed by atoms with E-state index in [0.717, 1.165) is 37.7 Å². The summed E-state index contributed by atoms with van der Waals surface area (Å²) in [6.07, 6.45) is 0. The van der Waals surface area contributed by atoms with Gasteiger partial charge in [0.25, 0.3) is 0 Å². The molecule has 19 heavy (non-hydrogen) atoms. The number of piperazine rings is 1. The first-order valence-electron chi connectivity index (χ1n) is 6.88. The standard InChI is InChI=1S/C16H20N2O/c1-13-7-8-15(19-13)12-18-10-9-17-11-16(18)14-5-3-2-4-6-14/h2-8,16-17H,9-12H2,1H3. The Bertz CT molecular complexity index is 521. The average molecular weight is 256 g/mol. The lowest BCUT2D eigenvalue weighted by atomic mass is 10.0. The molecule has 3 rings (SSSR count). The van der Waals surface area contributed by atoms with Crippen LogP contribution in [0.5, 0.6) is 0 Å². The van der Waals surface area contributed by atoms with Gasteiger partial charge >= 0.3 is 0 Å². The van der Waals surface area contributed by atoms with Crippen LogP contribution in [0, 0.1) is 6.92 Å². The van der Waals surface area contributed by atoms with Gasteiger partial charge in [-0.25, -0.2) is 0 Å². The van der Waals surface area contributed by atoms with E-state index in [-0.39, 0.29) is 0 Å². The molecular weight excluding hydrogens is 236 g/mol. The predicted octanol–water partition coefficient (Wildman–Crippen LogP) is 2.73. The maximum atomic E-state index is 5.71. The van der Waals surface area contributed by atoms with E-state index in [9.17, 15) is 0 Å². The molecule has 0 amide bonds. The molecule has 3 heteroatoms. The highest BCUT2D eigenvalue weighted by Gasteiger charge is 2.24. The van der Waals surface area contributed by atoms with Crippen molar-refractivity contribution in [1.29, 1.82) is 0 Å². The molecule has 1 fully saturated rings. The van der Waals surface area contributed by atoms with Crippen LogP contribution in [0.15, 0.2) is 46.9 Å². The molecule has 0 aliphatic carbocycles. The number of hydrogen-bond acceptors (Lipinski definition) is 3. The van der Waals surface area contributed by atoms with Crippen molar-refractivity contribution in [3.05, 3.63) is 59.5 Å². The van der Waals surface area contributed by atoms with E-state index in [1.165, 1.54) is 5.56 Å². The third kappa shape index (κ3) is 2.88. The molecule has 100 valence electrons. The molecule has 1 atom stereocenters. The number of furan rings is 1. The molecule has 1 aromatic carbocycles. The Morgan fingerprint density at radius 1 is 1.21 bits per heavy atom. The molecule has 0 saturated carbocycles. The molecular formula is C16H20N2O. The Morgan fingerprint density at radius 2 is 2.05 bits per heavy atom. The molecule has 1 N–H and O–H groups in total. The zero-order valence-electron chi connectivity index (χ0n) is 11.3. The van der Waals surface area contributed by atoms with Crippen molar-refractivity contribution in [2.75, 3.05) is 19.6 Å². The van der Waals surface area contributed by atoms with Gasteiger partial charge in [0, 0.05) is 25.7 Å². The molecule has 2 aromatic rings. The number of benzene rings is 1. The first kappa shape index (κ1) is 12.5. The van der Waals surface area contributed by atoms with E-state index < -0.39 is 0 Å². The lowest BCUT2D eigenvalue weighted by Crippen LogP contribution is -2.45. The van der Waals surface area contributed by atoms with E-state index in [2.05, 4.69) is 46.6 Å². The summed E-state index contributed by atoms with van der Waals surface area (Å²) in [6.45, 7) is 5.98. The van der Waals surface area contributed by atoms with Gasteiger partial charge in [-0.1, -0.05) is 30.3 Å². The van der Waals surface area contributed by atoms with Crippen molar-refractivity contribution in [1.82, 2.24) is 10.2 Å². The molecule has 3 nitrogen and oxygen atoms in total. The van der Waals surface area contributed by atoms with Crippen LogP contribution in [-0.4, -0.2) is 24.5 Å². The molecule has 2 heterocycles. The number of nitrogens with zero attached hydrogens (tertiary/aromatic N) is 1. The topological polar surface area (TPSA) is 28.4 Å². The predicted molar refractivity (Wildman–Crippen MR) is 75.9 cm³/mol. The summed E-state index contributed by atoms with van der Waals surface area (Å²) in [5, 5.41) is 3.48. The van der Waals surface area contributed by atoms with E-state index >= 15 is 0 Å². The average Bonchev–Trinajstić information content (AvgIpc) is 2.86. The lowest BCUT2D eigenvalue weighted by Gasteiger charge is -2.36. The van der Waals surface area contributed by atoms with Crippen LogP contribution in [0.1, 0.15) is 23.1 Å². The fraction of sp³-hybridized carbons (Fsp3) is 0.375. The van der Waals surface area contributed by atoms with Crippen LogP contribution >= 0.6 is 0 Å². The SMILES string of the molecule is Cc1ccc(CN2CCNCC2c2ccccc2)o1. The quantitative estimate of drug-likeness (QED) is 0.915. The minimum atomic E-state index is 0.431. The number of hydrogen-bond donors (Lipinski definition) is 1. The van der Waals surface area contributed by atoms with Crippen molar-refractivity contribution < 1.29 is 4.42 Å². The fourth-order valence-electron chi connectivity index (χ4n) is 2.71. The van der Waals surface area contributed by atoms with E-state index in [1.807, 2.05) is 13.0 Å². The lowest BCUT2D eigenvalue weighted by molar-refractivity contribution is 0.142. The highest BCUT2D eigenvalue weighted by Crippen LogP contribution is 2.24. The summed E-state index contributed by atoms with van der Waals surface area (Å²) in [4.78, 5) is 2.49. The third-order valence-corrected chi connectivity index (χ3v) is 3.69. The highest BCUT2D eigenvalue weighted by molar-refractivity contribution is 5.20. The Morgan fingerprint density at radius 3 is 2.79 bits per heavy atom. The monoisotopic (exact) mass is 256 g/mol. The molecule has 1 unspecified atom stereocenters. The van der Waals surface area contributed by atoms with Crippen molar-refractivity contribution in [2.45, 2.75) is 19.5 Å².